The minimum absolute atomic E-state index is 0.0238. The van der Waals surface area contributed by atoms with Gasteiger partial charge >= 0.3 is 11.9 Å². The number of allylic oxidation sites excluding steroid dienone is 1. The number of rotatable bonds is 0. The Bertz CT molecular complexity index is 1140. The first-order chi connectivity index (χ1) is 16.9. The van der Waals surface area contributed by atoms with Crippen molar-refractivity contribution in [3.05, 3.63) is 11.1 Å². The van der Waals surface area contributed by atoms with Gasteiger partial charge in [0.2, 0.25) is 0 Å². The maximum atomic E-state index is 13.0. The molecule has 7 fully saturated rings. The average Bonchev–Trinajstić information content (AvgIpc) is 3.51. The summed E-state index contributed by atoms with van der Waals surface area (Å²) in [6.07, 6.45) is 3.99. The summed E-state index contributed by atoms with van der Waals surface area (Å²) in [7, 11) is 0. The van der Waals surface area contributed by atoms with E-state index < -0.39 is 5.60 Å². The fraction of sp³-hybridized carbons (Fsp3) is 0.867. The second-order valence-corrected chi connectivity index (χ2v) is 14.6. The lowest BCUT2D eigenvalue weighted by molar-refractivity contribution is -0.207. The van der Waals surface area contributed by atoms with Crippen molar-refractivity contribution in [1.82, 2.24) is 0 Å². The molecule has 0 radical (unpaired) electrons. The molecule has 196 valence electrons. The van der Waals surface area contributed by atoms with Gasteiger partial charge in [0.15, 0.2) is 0 Å². The maximum Gasteiger partial charge on any atom is 0.309 e. The SMILES string of the molecule is CC1=C2[C@H]3OC(=O)[C@@H](C)[C@@H]3CC[C@](C)(O)[C@@H]2[C@H]2[C@H]3C[C@]4(C)O[C@@]5(C)CC[C@H]6[C@H](C)C(=O)O[C@@H]6[C@@]4([C@@H]35)[C@@H]12. The van der Waals surface area contributed by atoms with Crippen LogP contribution in [0.4, 0.5) is 0 Å². The summed E-state index contributed by atoms with van der Waals surface area (Å²) in [5.74, 6) is 1.10. The standard InChI is InChI=1S/C30H40O6/c1-12-15-7-9-27(4,33)21-18(22(15)34-25(12)31)14(3)20-19(21)17-11-29(6)30(20)23(17)28(5,36-29)10-8-16-13(2)26(32)35-24(16)30/h12-13,15-17,19-24,33H,7-11H2,1-6H3/t12-,13-,15-,16-,17+,19-,20-,21-,22-,23-,24-,27-,28-,29-,30-/m0/s1. The number of aliphatic hydroxyl groups is 1. The Morgan fingerprint density at radius 1 is 0.889 bits per heavy atom. The Kier molecular flexibility index (Phi) is 3.92. The van der Waals surface area contributed by atoms with Crippen LogP contribution >= 0.6 is 0 Å². The molecule has 0 unspecified atom stereocenters. The third kappa shape index (κ3) is 2.10. The van der Waals surface area contributed by atoms with Crippen molar-refractivity contribution >= 4 is 11.9 Å². The lowest BCUT2D eigenvalue weighted by atomic mass is 9.55. The van der Waals surface area contributed by atoms with Gasteiger partial charge < -0.3 is 19.3 Å². The quantitative estimate of drug-likeness (QED) is 0.403. The van der Waals surface area contributed by atoms with E-state index in [9.17, 15) is 14.7 Å². The highest BCUT2D eigenvalue weighted by atomic mass is 16.6. The van der Waals surface area contributed by atoms with Crippen LogP contribution < -0.4 is 0 Å². The second-order valence-electron chi connectivity index (χ2n) is 14.6. The zero-order valence-corrected chi connectivity index (χ0v) is 22.4. The predicted molar refractivity (Wildman–Crippen MR) is 129 cm³/mol. The van der Waals surface area contributed by atoms with E-state index in [4.69, 9.17) is 14.2 Å². The van der Waals surface area contributed by atoms with E-state index in [1.165, 1.54) is 11.1 Å². The zero-order chi connectivity index (χ0) is 25.3. The Morgan fingerprint density at radius 3 is 2.31 bits per heavy atom. The molecule has 8 rings (SSSR count). The van der Waals surface area contributed by atoms with Crippen LogP contribution in [0.5, 0.6) is 0 Å². The number of carbonyl (C=O) groups is 2. The maximum absolute atomic E-state index is 13.0. The summed E-state index contributed by atoms with van der Waals surface area (Å²) < 4.78 is 19.6. The first kappa shape index (κ1) is 22.6. The summed E-state index contributed by atoms with van der Waals surface area (Å²) in [6, 6.07) is 0. The first-order valence-corrected chi connectivity index (χ1v) is 14.4. The van der Waals surface area contributed by atoms with Gasteiger partial charge in [0.1, 0.15) is 12.2 Å². The molecular formula is C30H40O6. The topological polar surface area (TPSA) is 82.1 Å². The van der Waals surface area contributed by atoms with Crippen molar-refractivity contribution in [1.29, 1.82) is 0 Å². The number of esters is 2. The number of hydrogen-bond acceptors (Lipinski definition) is 6. The number of fused-ring (bicyclic) bond motifs is 7. The van der Waals surface area contributed by atoms with E-state index in [2.05, 4.69) is 27.7 Å². The Balaban J connectivity index is 1.37. The van der Waals surface area contributed by atoms with Gasteiger partial charge in [-0.25, -0.2) is 0 Å². The first-order valence-electron chi connectivity index (χ1n) is 14.4. The molecule has 0 amide bonds. The van der Waals surface area contributed by atoms with E-state index in [-0.39, 0.29) is 82.2 Å². The molecule has 3 saturated heterocycles. The van der Waals surface area contributed by atoms with Crippen molar-refractivity contribution in [3.63, 3.8) is 0 Å². The second kappa shape index (κ2) is 6.25. The monoisotopic (exact) mass is 496 g/mol. The molecule has 1 N–H and O–H groups in total. The van der Waals surface area contributed by atoms with Crippen molar-refractivity contribution in [3.8, 4) is 0 Å². The van der Waals surface area contributed by atoms with Crippen LogP contribution in [0.25, 0.3) is 0 Å². The van der Waals surface area contributed by atoms with Gasteiger partial charge in [0.25, 0.3) is 0 Å². The van der Waals surface area contributed by atoms with Gasteiger partial charge in [-0.3, -0.25) is 9.59 Å². The van der Waals surface area contributed by atoms with E-state index in [1.54, 1.807) is 0 Å². The molecule has 3 aliphatic heterocycles. The predicted octanol–water partition coefficient (Wildman–Crippen LogP) is 4.04. The summed E-state index contributed by atoms with van der Waals surface area (Å²) in [6.45, 7) is 12.9. The molecule has 6 nitrogen and oxygen atoms in total. The summed E-state index contributed by atoms with van der Waals surface area (Å²) in [4.78, 5) is 25.8. The van der Waals surface area contributed by atoms with Crippen LogP contribution in [0.2, 0.25) is 0 Å². The molecule has 6 heteroatoms. The Labute approximate surface area is 213 Å². The third-order valence-electron chi connectivity index (χ3n) is 13.3. The van der Waals surface area contributed by atoms with Crippen molar-refractivity contribution in [2.45, 2.75) is 103 Å². The van der Waals surface area contributed by atoms with Crippen molar-refractivity contribution < 1.29 is 28.9 Å². The molecule has 8 aliphatic rings. The third-order valence-corrected chi connectivity index (χ3v) is 13.3. The molecule has 5 aliphatic carbocycles. The highest BCUT2D eigenvalue weighted by molar-refractivity contribution is 5.76. The molecule has 3 heterocycles. The molecule has 4 saturated carbocycles. The Hall–Kier alpha value is -1.40. The molecular weight excluding hydrogens is 456 g/mol. The van der Waals surface area contributed by atoms with Gasteiger partial charge in [-0.1, -0.05) is 19.4 Å². The van der Waals surface area contributed by atoms with Gasteiger partial charge in [-0.15, -0.1) is 0 Å². The highest BCUT2D eigenvalue weighted by Crippen LogP contribution is 2.85. The minimum Gasteiger partial charge on any atom is -0.461 e. The molecule has 0 aromatic rings. The van der Waals surface area contributed by atoms with Gasteiger partial charge in [0, 0.05) is 29.1 Å². The van der Waals surface area contributed by atoms with E-state index in [0.717, 1.165) is 25.7 Å². The van der Waals surface area contributed by atoms with Crippen LogP contribution in [0.3, 0.4) is 0 Å². The van der Waals surface area contributed by atoms with Crippen LogP contribution in [0.1, 0.15) is 73.6 Å². The van der Waals surface area contributed by atoms with Crippen LogP contribution in [-0.2, 0) is 23.8 Å². The Morgan fingerprint density at radius 2 is 1.56 bits per heavy atom. The largest absolute Gasteiger partial charge is 0.461 e. The van der Waals surface area contributed by atoms with E-state index in [1.807, 2.05) is 13.8 Å². The molecule has 0 spiro atoms. The smallest absolute Gasteiger partial charge is 0.309 e. The molecule has 15 atom stereocenters. The molecule has 36 heavy (non-hydrogen) atoms. The summed E-state index contributed by atoms with van der Waals surface area (Å²) >= 11 is 0. The fourth-order valence-electron chi connectivity index (χ4n) is 12.4. The van der Waals surface area contributed by atoms with Gasteiger partial charge in [-0.2, -0.15) is 0 Å². The molecule has 0 aromatic carbocycles. The normalized spacial score (nSPS) is 63.9. The summed E-state index contributed by atoms with van der Waals surface area (Å²) in [5.41, 5.74) is 0.769. The van der Waals surface area contributed by atoms with Crippen LogP contribution in [0.15, 0.2) is 11.1 Å². The lowest BCUT2D eigenvalue weighted by Crippen LogP contribution is -2.58. The zero-order valence-electron chi connectivity index (χ0n) is 22.4. The number of hydrogen-bond donors (Lipinski definition) is 1. The lowest BCUT2D eigenvalue weighted by Gasteiger charge is -2.53. The highest BCUT2D eigenvalue weighted by Gasteiger charge is 2.89. The molecule has 0 aromatic heterocycles. The van der Waals surface area contributed by atoms with Gasteiger partial charge in [-0.05, 0) is 83.1 Å². The number of carbonyl (C=O) groups excluding carboxylic acids is 2. The average molecular weight is 497 g/mol. The summed E-state index contributed by atoms with van der Waals surface area (Å²) in [5, 5.41) is 12.1. The van der Waals surface area contributed by atoms with Gasteiger partial charge in [0.05, 0.1) is 28.6 Å². The van der Waals surface area contributed by atoms with Crippen LogP contribution in [0, 0.1) is 58.7 Å². The fourth-order valence-corrected chi connectivity index (χ4v) is 12.4. The van der Waals surface area contributed by atoms with Crippen molar-refractivity contribution in [2.75, 3.05) is 0 Å². The molecule has 5 bridgehead atoms. The van der Waals surface area contributed by atoms with E-state index >= 15 is 0 Å². The van der Waals surface area contributed by atoms with Crippen molar-refractivity contribution in [2.24, 2.45) is 58.7 Å². The minimum atomic E-state index is -0.848. The number of ether oxygens (including phenoxy) is 3. The van der Waals surface area contributed by atoms with Crippen LogP contribution in [-0.4, -0.2) is 46.1 Å². The van der Waals surface area contributed by atoms with E-state index in [0.29, 0.717) is 18.3 Å².